The smallest absolute Gasteiger partial charge is 0.150 e. The van der Waals surface area contributed by atoms with Crippen molar-refractivity contribution in [3.63, 3.8) is 0 Å². The number of aromatic nitrogens is 2. The van der Waals surface area contributed by atoms with Gasteiger partial charge in [-0.05, 0) is 18.8 Å². The molecule has 5 heteroatoms. The van der Waals surface area contributed by atoms with Gasteiger partial charge in [-0.2, -0.15) is 0 Å². The van der Waals surface area contributed by atoms with E-state index < -0.39 is 0 Å². The van der Waals surface area contributed by atoms with Gasteiger partial charge in [-0.1, -0.05) is 27.5 Å². The molecule has 1 aliphatic heterocycles. The van der Waals surface area contributed by atoms with Gasteiger partial charge in [0, 0.05) is 18.4 Å². The van der Waals surface area contributed by atoms with E-state index in [2.05, 4.69) is 30.8 Å². The lowest BCUT2D eigenvalue weighted by molar-refractivity contribution is 0.445. The van der Waals surface area contributed by atoms with Crippen LogP contribution in [0.2, 0.25) is 5.02 Å². The summed E-state index contributed by atoms with van der Waals surface area (Å²) >= 11 is 9.58. The first-order chi connectivity index (χ1) is 7.31. The summed E-state index contributed by atoms with van der Waals surface area (Å²) in [5.74, 6) is 1.67. The molecule has 15 heavy (non-hydrogen) atoms. The van der Waals surface area contributed by atoms with Gasteiger partial charge in [-0.3, -0.25) is 0 Å². The van der Waals surface area contributed by atoms with E-state index >= 15 is 0 Å². The maximum atomic E-state index is 6.05. The maximum Gasteiger partial charge on any atom is 0.150 e. The molecule has 0 radical (unpaired) electrons. The fourth-order valence-electron chi connectivity index (χ4n) is 1.84. The Kier molecular flexibility index (Phi) is 3.81. The Bertz CT molecular complexity index is 326. The Morgan fingerprint density at radius 3 is 2.80 bits per heavy atom. The molecule has 82 valence electrons. The van der Waals surface area contributed by atoms with E-state index in [9.17, 15) is 0 Å². The molecule has 1 aliphatic rings. The minimum absolute atomic E-state index is 0.648. The molecule has 2 heterocycles. The maximum absolute atomic E-state index is 6.05. The molecular weight excluding hydrogens is 277 g/mol. The number of hydrogen-bond donors (Lipinski definition) is 0. The van der Waals surface area contributed by atoms with Crippen LogP contribution in [0.3, 0.4) is 0 Å². The van der Waals surface area contributed by atoms with E-state index in [0.29, 0.717) is 5.02 Å². The van der Waals surface area contributed by atoms with E-state index in [0.717, 1.165) is 30.2 Å². The highest BCUT2D eigenvalue weighted by molar-refractivity contribution is 9.09. The van der Waals surface area contributed by atoms with Gasteiger partial charge in [0.05, 0.1) is 6.20 Å². The molecule has 0 atom stereocenters. The molecular formula is C10H13BrClN3. The molecule has 1 fully saturated rings. The first-order valence-corrected chi connectivity index (χ1v) is 6.57. The van der Waals surface area contributed by atoms with Crippen LogP contribution in [0.1, 0.15) is 12.8 Å². The molecule has 0 aromatic carbocycles. The second-order valence-corrected chi connectivity index (χ2v) is 4.83. The summed E-state index contributed by atoms with van der Waals surface area (Å²) < 4.78 is 0. The molecule has 0 amide bonds. The Balaban J connectivity index is 2.04. The SMILES string of the molecule is Clc1cncnc1N1CCC(CBr)CC1. The summed E-state index contributed by atoms with van der Waals surface area (Å²) in [6.45, 7) is 2.07. The molecule has 2 rings (SSSR count). The van der Waals surface area contributed by atoms with Crippen molar-refractivity contribution in [1.29, 1.82) is 0 Å². The fourth-order valence-corrected chi connectivity index (χ4v) is 2.71. The Morgan fingerprint density at radius 1 is 1.47 bits per heavy atom. The van der Waals surface area contributed by atoms with Crippen LogP contribution >= 0.6 is 27.5 Å². The highest BCUT2D eigenvalue weighted by atomic mass is 79.9. The van der Waals surface area contributed by atoms with Crippen LogP contribution in [0.15, 0.2) is 12.5 Å². The van der Waals surface area contributed by atoms with Crippen LogP contribution in [0, 0.1) is 5.92 Å². The van der Waals surface area contributed by atoms with E-state index in [1.807, 2.05) is 0 Å². The first-order valence-electron chi connectivity index (χ1n) is 5.07. The van der Waals surface area contributed by atoms with Crippen LogP contribution in [0.4, 0.5) is 5.82 Å². The molecule has 0 aliphatic carbocycles. The zero-order valence-corrected chi connectivity index (χ0v) is 10.7. The molecule has 0 unspecified atom stereocenters. The largest absolute Gasteiger partial charge is 0.355 e. The van der Waals surface area contributed by atoms with Gasteiger partial charge in [-0.25, -0.2) is 9.97 Å². The second kappa shape index (κ2) is 5.12. The average Bonchev–Trinajstić information content (AvgIpc) is 2.30. The molecule has 0 saturated carbocycles. The summed E-state index contributed by atoms with van der Waals surface area (Å²) in [6, 6.07) is 0. The highest BCUT2D eigenvalue weighted by Gasteiger charge is 2.20. The van der Waals surface area contributed by atoms with Gasteiger partial charge in [0.25, 0.3) is 0 Å². The topological polar surface area (TPSA) is 29.0 Å². The predicted octanol–water partition coefficient (Wildman–Crippen LogP) is 2.74. The normalized spacial score (nSPS) is 18.1. The van der Waals surface area contributed by atoms with Crippen molar-refractivity contribution in [2.75, 3.05) is 23.3 Å². The van der Waals surface area contributed by atoms with E-state index in [1.54, 1.807) is 12.5 Å². The fraction of sp³-hybridized carbons (Fsp3) is 0.600. The number of anilines is 1. The van der Waals surface area contributed by atoms with E-state index in [-0.39, 0.29) is 0 Å². The van der Waals surface area contributed by atoms with Crippen molar-refractivity contribution in [2.45, 2.75) is 12.8 Å². The van der Waals surface area contributed by atoms with Crippen LogP contribution in [-0.4, -0.2) is 28.4 Å². The standard InChI is InChI=1S/C10H13BrClN3/c11-5-8-1-3-15(4-2-8)10-9(12)6-13-7-14-10/h6-8H,1-5H2. The lowest BCUT2D eigenvalue weighted by Crippen LogP contribution is -2.34. The summed E-state index contributed by atoms with van der Waals surface area (Å²) in [5, 5.41) is 1.74. The van der Waals surface area contributed by atoms with Crippen molar-refractivity contribution in [2.24, 2.45) is 5.92 Å². The van der Waals surface area contributed by atoms with Crippen LogP contribution in [-0.2, 0) is 0 Å². The summed E-state index contributed by atoms with van der Waals surface area (Å²) in [7, 11) is 0. The number of nitrogens with zero attached hydrogens (tertiary/aromatic N) is 3. The predicted molar refractivity (Wildman–Crippen MR) is 65.8 cm³/mol. The summed E-state index contributed by atoms with van der Waals surface area (Å²) in [5.41, 5.74) is 0. The molecule has 0 N–H and O–H groups in total. The third-order valence-electron chi connectivity index (χ3n) is 2.78. The van der Waals surface area contributed by atoms with Crippen LogP contribution in [0.25, 0.3) is 0 Å². The second-order valence-electron chi connectivity index (χ2n) is 3.78. The molecule has 1 aromatic heterocycles. The Hall–Kier alpha value is -0.350. The van der Waals surface area contributed by atoms with Crippen LogP contribution in [0.5, 0.6) is 0 Å². The number of alkyl halides is 1. The van der Waals surface area contributed by atoms with Crippen molar-refractivity contribution in [3.05, 3.63) is 17.5 Å². The number of rotatable bonds is 2. The number of halogens is 2. The Labute approximate surface area is 103 Å². The number of hydrogen-bond acceptors (Lipinski definition) is 3. The van der Waals surface area contributed by atoms with Crippen molar-refractivity contribution < 1.29 is 0 Å². The summed E-state index contributed by atoms with van der Waals surface area (Å²) in [4.78, 5) is 10.4. The molecule has 1 aromatic rings. The molecule has 3 nitrogen and oxygen atoms in total. The van der Waals surface area contributed by atoms with Crippen molar-refractivity contribution in [3.8, 4) is 0 Å². The van der Waals surface area contributed by atoms with Gasteiger partial charge < -0.3 is 4.90 Å². The highest BCUT2D eigenvalue weighted by Crippen LogP contribution is 2.27. The zero-order chi connectivity index (χ0) is 10.7. The third-order valence-corrected chi connectivity index (χ3v) is 3.96. The molecule has 0 spiro atoms. The molecule has 1 saturated heterocycles. The van der Waals surface area contributed by atoms with Crippen molar-refractivity contribution in [1.82, 2.24) is 9.97 Å². The lowest BCUT2D eigenvalue weighted by Gasteiger charge is -2.32. The van der Waals surface area contributed by atoms with Gasteiger partial charge >= 0.3 is 0 Å². The average molecular weight is 291 g/mol. The monoisotopic (exact) mass is 289 g/mol. The molecule has 0 bridgehead atoms. The van der Waals surface area contributed by atoms with E-state index in [4.69, 9.17) is 11.6 Å². The van der Waals surface area contributed by atoms with Gasteiger partial charge in [-0.15, -0.1) is 0 Å². The Morgan fingerprint density at radius 2 is 2.20 bits per heavy atom. The zero-order valence-electron chi connectivity index (χ0n) is 8.37. The minimum atomic E-state index is 0.648. The quantitative estimate of drug-likeness (QED) is 0.784. The van der Waals surface area contributed by atoms with Gasteiger partial charge in [0.1, 0.15) is 11.3 Å². The van der Waals surface area contributed by atoms with Crippen molar-refractivity contribution >= 4 is 33.3 Å². The summed E-state index contributed by atoms with van der Waals surface area (Å²) in [6.07, 6.45) is 5.61. The van der Waals surface area contributed by atoms with E-state index in [1.165, 1.54) is 12.8 Å². The van der Waals surface area contributed by atoms with Gasteiger partial charge in [0.2, 0.25) is 0 Å². The first kappa shape index (κ1) is 11.1. The minimum Gasteiger partial charge on any atom is -0.355 e. The lowest BCUT2D eigenvalue weighted by atomic mass is 9.99. The third kappa shape index (κ3) is 2.61. The van der Waals surface area contributed by atoms with Gasteiger partial charge in [0.15, 0.2) is 5.82 Å². The number of piperidine rings is 1. The van der Waals surface area contributed by atoms with Crippen LogP contribution < -0.4 is 4.90 Å².